The predicted octanol–water partition coefficient (Wildman–Crippen LogP) is 1.85. The van der Waals surface area contributed by atoms with Gasteiger partial charge in [0.2, 0.25) is 0 Å². The highest BCUT2D eigenvalue weighted by molar-refractivity contribution is 8.00. The number of nitrogens with zero attached hydrogens (tertiary/aromatic N) is 1. The molecule has 1 N–H and O–H groups in total. The predicted molar refractivity (Wildman–Crippen MR) is 51.5 cm³/mol. The van der Waals surface area contributed by atoms with Gasteiger partial charge >= 0.3 is 5.97 Å². The zero-order valence-corrected chi connectivity index (χ0v) is 8.87. The molecular weight excluding hydrogens is 210 g/mol. The summed E-state index contributed by atoms with van der Waals surface area (Å²) in [5, 5.41) is 8.73. The van der Waals surface area contributed by atoms with E-state index in [0.717, 1.165) is 4.34 Å². The molecule has 0 saturated heterocycles. The third kappa shape index (κ3) is 2.68. The van der Waals surface area contributed by atoms with E-state index in [-0.39, 0.29) is 0 Å². The first-order valence-electron chi connectivity index (χ1n) is 3.47. The summed E-state index contributed by atoms with van der Waals surface area (Å²) in [5.41, 5.74) is 0.566. The van der Waals surface area contributed by atoms with Gasteiger partial charge in [0, 0.05) is 7.11 Å². The number of carbonyl (C=O) groups is 1. The number of methoxy groups -OCH3 is 1. The van der Waals surface area contributed by atoms with Crippen molar-refractivity contribution in [3.8, 4) is 0 Å². The molecule has 0 bridgehead atoms. The number of rotatable bonds is 4. The summed E-state index contributed by atoms with van der Waals surface area (Å²) in [5.74, 6) is -0.425. The SMILES string of the molecule is COCSc1nc(C)c(C(=O)O)s1. The Balaban J connectivity index is 2.76. The molecule has 0 saturated carbocycles. The molecule has 72 valence electrons. The summed E-state index contributed by atoms with van der Waals surface area (Å²) < 4.78 is 5.57. The molecule has 1 rings (SSSR count). The molecular formula is C7H9NO3S2. The van der Waals surface area contributed by atoms with E-state index in [4.69, 9.17) is 9.84 Å². The highest BCUT2D eigenvalue weighted by Crippen LogP contribution is 2.26. The number of aromatic nitrogens is 1. The van der Waals surface area contributed by atoms with Crippen LogP contribution in [0.25, 0.3) is 0 Å². The van der Waals surface area contributed by atoms with E-state index < -0.39 is 5.97 Å². The smallest absolute Gasteiger partial charge is 0.347 e. The maximum absolute atomic E-state index is 10.6. The average molecular weight is 219 g/mol. The monoisotopic (exact) mass is 219 g/mol. The Morgan fingerprint density at radius 2 is 2.46 bits per heavy atom. The average Bonchev–Trinajstić information content (AvgIpc) is 2.43. The van der Waals surface area contributed by atoms with Crippen molar-refractivity contribution in [2.24, 2.45) is 0 Å². The molecule has 6 heteroatoms. The fraction of sp³-hybridized carbons (Fsp3) is 0.429. The van der Waals surface area contributed by atoms with Gasteiger partial charge in [-0.2, -0.15) is 0 Å². The van der Waals surface area contributed by atoms with Gasteiger partial charge in [0.25, 0.3) is 0 Å². The summed E-state index contributed by atoms with van der Waals surface area (Å²) in [7, 11) is 1.59. The number of carboxylic acids is 1. The Morgan fingerprint density at radius 1 is 1.77 bits per heavy atom. The fourth-order valence-electron chi connectivity index (χ4n) is 0.741. The summed E-state index contributed by atoms with van der Waals surface area (Å²) in [6.07, 6.45) is 0. The number of thioether (sulfide) groups is 1. The van der Waals surface area contributed by atoms with Gasteiger partial charge in [-0.05, 0) is 6.92 Å². The van der Waals surface area contributed by atoms with Gasteiger partial charge in [-0.3, -0.25) is 0 Å². The van der Waals surface area contributed by atoms with E-state index in [2.05, 4.69) is 4.98 Å². The van der Waals surface area contributed by atoms with Gasteiger partial charge in [-0.1, -0.05) is 11.8 Å². The molecule has 0 spiro atoms. The van der Waals surface area contributed by atoms with Crippen molar-refractivity contribution in [2.45, 2.75) is 11.3 Å². The van der Waals surface area contributed by atoms with E-state index in [9.17, 15) is 4.79 Å². The molecule has 0 radical (unpaired) electrons. The molecule has 13 heavy (non-hydrogen) atoms. The molecule has 0 unspecified atom stereocenters. The first kappa shape index (κ1) is 10.5. The van der Waals surface area contributed by atoms with Gasteiger partial charge in [-0.15, -0.1) is 11.3 Å². The van der Waals surface area contributed by atoms with Crippen molar-refractivity contribution in [2.75, 3.05) is 13.0 Å². The molecule has 0 amide bonds. The molecule has 0 atom stereocenters. The third-order valence-electron chi connectivity index (χ3n) is 1.27. The van der Waals surface area contributed by atoms with Crippen LogP contribution < -0.4 is 0 Å². The lowest BCUT2D eigenvalue weighted by Gasteiger charge is -1.91. The molecule has 0 aliphatic rings. The van der Waals surface area contributed by atoms with Crippen LogP contribution in [0.2, 0.25) is 0 Å². The van der Waals surface area contributed by atoms with Crippen LogP contribution in [0.15, 0.2) is 4.34 Å². The topological polar surface area (TPSA) is 59.4 Å². The highest BCUT2D eigenvalue weighted by Gasteiger charge is 2.13. The minimum absolute atomic E-state index is 0.304. The first-order chi connectivity index (χ1) is 6.15. The molecule has 0 aromatic carbocycles. The number of hydrogen-bond donors (Lipinski definition) is 1. The van der Waals surface area contributed by atoms with E-state index in [1.807, 2.05) is 0 Å². The second-order valence-corrected chi connectivity index (χ2v) is 4.42. The van der Waals surface area contributed by atoms with Crippen molar-refractivity contribution in [1.29, 1.82) is 0 Å². The Labute approximate surface area is 83.9 Å². The van der Waals surface area contributed by atoms with Gasteiger partial charge in [0.15, 0.2) is 4.34 Å². The first-order valence-corrected chi connectivity index (χ1v) is 5.28. The summed E-state index contributed by atoms with van der Waals surface area (Å²) in [4.78, 5) is 15.0. The van der Waals surface area contributed by atoms with Crippen molar-refractivity contribution >= 4 is 29.1 Å². The Kier molecular flexibility index (Phi) is 3.71. The zero-order valence-electron chi connectivity index (χ0n) is 7.23. The summed E-state index contributed by atoms with van der Waals surface area (Å²) >= 11 is 2.57. The lowest BCUT2D eigenvalue weighted by Crippen LogP contribution is -1.94. The van der Waals surface area contributed by atoms with Crippen molar-refractivity contribution in [3.63, 3.8) is 0 Å². The second-order valence-electron chi connectivity index (χ2n) is 2.25. The van der Waals surface area contributed by atoms with Crippen LogP contribution in [0.3, 0.4) is 0 Å². The minimum Gasteiger partial charge on any atom is -0.477 e. The van der Waals surface area contributed by atoms with Crippen molar-refractivity contribution in [1.82, 2.24) is 4.98 Å². The largest absolute Gasteiger partial charge is 0.477 e. The standard InChI is InChI=1S/C7H9NO3S2/c1-4-5(6(9)10)13-7(8-4)12-3-11-2/h3H2,1-2H3,(H,9,10). The number of thiazole rings is 1. The van der Waals surface area contributed by atoms with Crippen LogP contribution in [0.4, 0.5) is 0 Å². The Hall–Kier alpha value is -0.590. The number of aromatic carboxylic acids is 1. The van der Waals surface area contributed by atoms with Crippen LogP contribution in [0.1, 0.15) is 15.4 Å². The normalized spacial score (nSPS) is 10.3. The van der Waals surface area contributed by atoms with Crippen molar-refractivity contribution in [3.05, 3.63) is 10.6 Å². The molecule has 1 aromatic rings. The van der Waals surface area contributed by atoms with E-state index in [1.54, 1.807) is 14.0 Å². The number of hydrogen-bond acceptors (Lipinski definition) is 5. The van der Waals surface area contributed by atoms with Crippen LogP contribution >= 0.6 is 23.1 Å². The molecule has 4 nitrogen and oxygen atoms in total. The van der Waals surface area contributed by atoms with Gasteiger partial charge in [0.1, 0.15) is 4.88 Å². The summed E-state index contributed by atoms with van der Waals surface area (Å²) in [6.45, 7) is 1.69. The van der Waals surface area contributed by atoms with E-state index >= 15 is 0 Å². The summed E-state index contributed by atoms with van der Waals surface area (Å²) in [6, 6.07) is 0. The van der Waals surface area contributed by atoms with Gasteiger partial charge in [-0.25, -0.2) is 9.78 Å². The number of carboxylic acid groups (broad SMARTS) is 1. The van der Waals surface area contributed by atoms with E-state index in [0.29, 0.717) is 16.5 Å². The lowest BCUT2D eigenvalue weighted by atomic mass is 10.4. The second kappa shape index (κ2) is 4.59. The molecule has 0 aliphatic carbocycles. The quantitative estimate of drug-likeness (QED) is 0.618. The maximum Gasteiger partial charge on any atom is 0.347 e. The van der Waals surface area contributed by atoms with Crippen molar-refractivity contribution < 1.29 is 14.6 Å². The van der Waals surface area contributed by atoms with Crippen LogP contribution in [0, 0.1) is 6.92 Å². The van der Waals surface area contributed by atoms with Gasteiger partial charge in [0.05, 0.1) is 11.6 Å². The maximum atomic E-state index is 10.6. The van der Waals surface area contributed by atoms with Crippen LogP contribution in [-0.2, 0) is 4.74 Å². The zero-order chi connectivity index (χ0) is 9.84. The van der Waals surface area contributed by atoms with Crippen LogP contribution in [0.5, 0.6) is 0 Å². The fourth-order valence-corrected chi connectivity index (χ4v) is 2.43. The molecule has 1 heterocycles. The van der Waals surface area contributed by atoms with Crippen LogP contribution in [-0.4, -0.2) is 29.1 Å². The van der Waals surface area contributed by atoms with E-state index in [1.165, 1.54) is 23.1 Å². The third-order valence-corrected chi connectivity index (χ3v) is 3.51. The number of aryl methyl sites for hydroxylation is 1. The number of ether oxygens (including phenoxy) is 1. The van der Waals surface area contributed by atoms with Gasteiger partial charge < -0.3 is 9.84 Å². The highest BCUT2D eigenvalue weighted by atomic mass is 32.2. The lowest BCUT2D eigenvalue weighted by molar-refractivity contribution is 0.0701. The molecule has 0 aliphatic heterocycles. The molecule has 0 fully saturated rings. The Bertz CT molecular complexity index is 311. The minimum atomic E-state index is -0.917. The Morgan fingerprint density at radius 3 is 2.92 bits per heavy atom. The molecule has 1 aromatic heterocycles.